The maximum Gasteiger partial charge on any atom is 0.138 e. The molecule has 0 radical (unpaired) electrons. The molecular weight excluding hydrogens is 527 g/mol. The van der Waals surface area contributed by atoms with Crippen LogP contribution in [-0.2, 0) is 0 Å². The number of halogens is 2. The van der Waals surface area contributed by atoms with Crippen LogP contribution in [0.2, 0.25) is 10.0 Å². The fraction of sp³-hybridized carbons (Fsp3) is 0.133. The average molecular weight is 551 g/mol. The van der Waals surface area contributed by atoms with Gasteiger partial charge in [-0.25, -0.2) is 0 Å². The summed E-state index contributed by atoms with van der Waals surface area (Å²) in [6, 6.07) is 19.6. The molecule has 5 rings (SSSR count). The summed E-state index contributed by atoms with van der Waals surface area (Å²) in [6.45, 7) is 0. The Hall–Kier alpha value is -4.00. The van der Waals surface area contributed by atoms with Crippen molar-refractivity contribution >= 4 is 35.4 Å². The summed E-state index contributed by atoms with van der Waals surface area (Å²) in [5, 5.41) is 29.9. The normalized spacial score (nSPS) is 16.3. The molecule has 2 unspecified atom stereocenters. The lowest BCUT2D eigenvalue weighted by atomic mass is 9.84. The van der Waals surface area contributed by atoms with Gasteiger partial charge in [0.1, 0.15) is 40.6 Å². The van der Waals surface area contributed by atoms with Crippen LogP contribution in [0.3, 0.4) is 0 Å². The Morgan fingerprint density at radius 2 is 1.37 bits per heavy atom. The number of benzene rings is 4. The highest BCUT2D eigenvalue weighted by Crippen LogP contribution is 2.51. The summed E-state index contributed by atoms with van der Waals surface area (Å²) < 4.78 is 17.5. The Kier molecular flexibility index (Phi) is 7.02. The molecular formula is C30H24Cl2O6. The first-order valence-corrected chi connectivity index (χ1v) is 12.4. The van der Waals surface area contributed by atoms with Crippen LogP contribution in [-0.4, -0.2) is 29.5 Å². The van der Waals surface area contributed by atoms with E-state index in [4.69, 9.17) is 37.4 Å². The molecule has 0 saturated carbocycles. The zero-order valence-corrected chi connectivity index (χ0v) is 22.0. The summed E-state index contributed by atoms with van der Waals surface area (Å²) >= 11 is 12.5. The number of hydrogen-bond donors (Lipinski definition) is 3. The van der Waals surface area contributed by atoms with E-state index in [0.717, 1.165) is 34.1 Å². The molecule has 0 amide bonds. The molecule has 0 bridgehead atoms. The van der Waals surface area contributed by atoms with Crippen LogP contribution in [0.15, 0.2) is 66.7 Å². The lowest BCUT2D eigenvalue weighted by Gasteiger charge is -2.21. The number of ether oxygens (including phenoxy) is 3. The molecule has 4 aromatic rings. The van der Waals surface area contributed by atoms with Crippen molar-refractivity contribution in [2.24, 2.45) is 0 Å². The zero-order valence-electron chi connectivity index (χ0n) is 20.5. The first kappa shape index (κ1) is 25.6. The Morgan fingerprint density at radius 3 is 1.97 bits per heavy atom. The van der Waals surface area contributed by atoms with E-state index in [1.165, 1.54) is 0 Å². The van der Waals surface area contributed by atoms with E-state index in [1.54, 1.807) is 38.5 Å². The molecule has 1 aliphatic rings. The van der Waals surface area contributed by atoms with Crippen molar-refractivity contribution in [2.75, 3.05) is 14.2 Å². The van der Waals surface area contributed by atoms with Gasteiger partial charge in [0.25, 0.3) is 0 Å². The molecule has 194 valence electrons. The monoisotopic (exact) mass is 550 g/mol. The van der Waals surface area contributed by atoms with Crippen molar-refractivity contribution in [2.45, 2.75) is 12.0 Å². The quantitative estimate of drug-likeness (QED) is 0.214. The standard InChI is InChI=1S/C30H24Cl2O6/c1-36-20-12-18(13-21(14-20)37-2)27-23-11-16(3-9-22-28(31)24(34)15-25(35)29(22)32)4-10-26(23)38-30(27)17-5-7-19(33)8-6-17/h3-15,27,30,33-35H,1-2H3/b9-3+. The van der Waals surface area contributed by atoms with Crippen LogP contribution in [0.25, 0.3) is 12.2 Å². The van der Waals surface area contributed by atoms with Crippen molar-refractivity contribution in [1.29, 1.82) is 0 Å². The molecule has 2 atom stereocenters. The minimum Gasteiger partial charge on any atom is -0.508 e. The van der Waals surface area contributed by atoms with Crippen LogP contribution >= 0.6 is 23.2 Å². The fourth-order valence-corrected chi connectivity index (χ4v) is 5.10. The molecule has 0 aliphatic carbocycles. The minimum absolute atomic E-state index is 0.0438. The summed E-state index contributed by atoms with van der Waals surface area (Å²) in [6.07, 6.45) is 3.07. The fourth-order valence-electron chi connectivity index (χ4n) is 4.63. The number of aromatic hydroxyl groups is 3. The summed E-state index contributed by atoms with van der Waals surface area (Å²) in [5.41, 5.74) is 3.91. The van der Waals surface area contributed by atoms with Crippen molar-refractivity contribution in [3.05, 3.63) is 105 Å². The van der Waals surface area contributed by atoms with Crippen LogP contribution in [0.4, 0.5) is 0 Å². The predicted octanol–water partition coefficient (Wildman–Crippen LogP) is 7.56. The number of fused-ring (bicyclic) bond motifs is 1. The molecule has 8 heteroatoms. The van der Waals surface area contributed by atoms with E-state index in [2.05, 4.69) is 0 Å². The lowest BCUT2D eigenvalue weighted by molar-refractivity contribution is 0.222. The van der Waals surface area contributed by atoms with E-state index in [0.29, 0.717) is 17.1 Å². The second-order valence-corrected chi connectivity index (χ2v) is 9.60. The highest BCUT2D eigenvalue weighted by molar-refractivity contribution is 6.39. The van der Waals surface area contributed by atoms with Gasteiger partial charge in [-0.3, -0.25) is 0 Å². The van der Waals surface area contributed by atoms with Gasteiger partial charge in [0, 0.05) is 23.3 Å². The predicted molar refractivity (Wildman–Crippen MR) is 148 cm³/mol. The van der Waals surface area contributed by atoms with E-state index in [1.807, 2.05) is 48.5 Å². The smallest absolute Gasteiger partial charge is 0.138 e. The van der Waals surface area contributed by atoms with Gasteiger partial charge in [0.05, 0.1) is 30.2 Å². The topological polar surface area (TPSA) is 88.4 Å². The largest absolute Gasteiger partial charge is 0.508 e. The molecule has 38 heavy (non-hydrogen) atoms. The Morgan fingerprint density at radius 1 is 0.737 bits per heavy atom. The van der Waals surface area contributed by atoms with E-state index >= 15 is 0 Å². The van der Waals surface area contributed by atoms with Crippen LogP contribution < -0.4 is 14.2 Å². The number of rotatable bonds is 6. The Labute approximate surface area is 229 Å². The third kappa shape index (κ3) is 4.80. The summed E-state index contributed by atoms with van der Waals surface area (Å²) in [7, 11) is 3.21. The van der Waals surface area contributed by atoms with Gasteiger partial charge in [-0.1, -0.05) is 53.6 Å². The second-order valence-electron chi connectivity index (χ2n) is 8.84. The van der Waals surface area contributed by atoms with Crippen LogP contribution in [0.5, 0.6) is 34.5 Å². The van der Waals surface area contributed by atoms with E-state index in [9.17, 15) is 15.3 Å². The first-order chi connectivity index (χ1) is 18.3. The third-order valence-corrected chi connectivity index (χ3v) is 7.31. The second kappa shape index (κ2) is 10.4. The van der Waals surface area contributed by atoms with Crippen LogP contribution in [0, 0.1) is 0 Å². The minimum atomic E-state index is -0.367. The first-order valence-electron chi connectivity index (χ1n) is 11.7. The molecule has 0 aromatic heterocycles. The van der Waals surface area contributed by atoms with Crippen molar-refractivity contribution in [1.82, 2.24) is 0 Å². The van der Waals surface area contributed by atoms with E-state index in [-0.39, 0.29) is 39.3 Å². The van der Waals surface area contributed by atoms with Crippen LogP contribution in [0.1, 0.15) is 39.8 Å². The number of hydrogen-bond acceptors (Lipinski definition) is 6. The average Bonchev–Trinajstić information content (AvgIpc) is 3.30. The molecule has 6 nitrogen and oxygen atoms in total. The molecule has 4 aromatic carbocycles. The third-order valence-electron chi connectivity index (χ3n) is 6.52. The van der Waals surface area contributed by atoms with Crippen molar-refractivity contribution in [3.63, 3.8) is 0 Å². The van der Waals surface area contributed by atoms with Gasteiger partial charge in [-0.2, -0.15) is 0 Å². The highest BCUT2D eigenvalue weighted by Gasteiger charge is 2.37. The summed E-state index contributed by atoms with van der Waals surface area (Å²) in [4.78, 5) is 0. The molecule has 1 heterocycles. The van der Waals surface area contributed by atoms with Gasteiger partial charge in [-0.05, 0) is 53.1 Å². The van der Waals surface area contributed by atoms with Crippen molar-refractivity contribution < 1.29 is 29.5 Å². The maximum absolute atomic E-state index is 9.99. The lowest BCUT2D eigenvalue weighted by Crippen LogP contribution is -2.11. The van der Waals surface area contributed by atoms with Gasteiger partial charge >= 0.3 is 0 Å². The summed E-state index contributed by atoms with van der Waals surface area (Å²) in [5.74, 6) is 1.45. The Balaban J connectivity index is 1.61. The van der Waals surface area contributed by atoms with Crippen molar-refractivity contribution in [3.8, 4) is 34.5 Å². The SMILES string of the molecule is COc1cc(OC)cc(C2c3cc(/C=C/c4c(Cl)c(O)cc(O)c4Cl)ccc3OC2c2ccc(O)cc2)c1. The molecule has 0 fully saturated rings. The number of phenols is 3. The number of methoxy groups -OCH3 is 2. The van der Waals surface area contributed by atoms with Gasteiger partial charge in [0.2, 0.25) is 0 Å². The van der Waals surface area contributed by atoms with Gasteiger partial charge < -0.3 is 29.5 Å². The molecule has 0 spiro atoms. The van der Waals surface area contributed by atoms with E-state index < -0.39 is 0 Å². The van der Waals surface area contributed by atoms with Gasteiger partial charge in [0.15, 0.2) is 0 Å². The number of phenolic OH excluding ortho intramolecular Hbond substituents is 3. The van der Waals surface area contributed by atoms with Gasteiger partial charge in [-0.15, -0.1) is 0 Å². The maximum atomic E-state index is 9.99. The highest BCUT2D eigenvalue weighted by atomic mass is 35.5. The molecule has 1 aliphatic heterocycles. The molecule has 3 N–H and O–H groups in total. The molecule has 0 saturated heterocycles. The Bertz CT molecular complexity index is 1480. The zero-order chi connectivity index (χ0) is 27.0.